The molecule has 1 aliphatic rings. The third-order valence-corrected chi connectivity index (χ3v) is 1.78. The minimum absolute atomic E-state index is 0.734. The number of hydrogen-bond acceptors (Lipinski definition) is 2. The molecular formula is C5H2Cl2O2. The summed E-state index contributed by atoms with van der Waals surface area (Å²) in [4.78, 5) is 20.7. The van der Waals surface area contributed by atoms with Gasteiger partial charge in [-0.05, 0) is 23.2 Å². The molecule has 0 radical (unpaired) electrons. The number of halogens is 2. The average Bonchev–Trinajstić information content (AvgIpc) is 2.40. The van der Waals surface area contributed by atoms with Gasteiger partial charge in [-0.1, -0.05) is 12.2 Å². The second-order valence-corrected chi connectivity index (χ2v) is 2.44. The molecule has 0 bridgehead atoms. The summed E-state index contributed by atoms with van der Waals surface area (Å²) in [6.07, 6.45) is 2.75. The van der Waals surface area contributed by atoms with Gasteiger partial charge in [0.25, 0.3) is 0 Å². The molecule has 0 saturated carbocycles. The van der Waals surface area contributed by atoms with Crippen molar-refractivity contribution < 1.29 is 9.59 Å². The highest BCUT2D eigenvalue weighted by Crippen LogP contribution is 2.39. The van der Waals surface area contributed by atoms with Crippen LogP contribution in [0.3, 0.4) is 0 Å². The van der Waals surface area contributed by atoms with Gasteiger partial charge in [-0.2, -0.15) is 0 Å². The fraction of sp³-hybridized carbons (Fsp3) is 0.200. The van der Waals surface area contributed by atoms with Crippen LogP contribution in [0.15, 0.2) is 12.2 Å². The maximum absolute atomic E-state index is 10.4. The summed E-state index contributed by atoms with van der Waals surface area (Å²) in [5.74, 6) is 0. The van der Waals surface area contributed by atoms with Crippen LogP contribution in [0.5, 0.6) is 0 Å². The largest absolute Gasteiger partial charge is 0.279 e. The quantitative estimate of drug-likeness (QED) is 0.348. The van der Waals surface area contributed by atoms with Gasteiger partial charge in [0.2, 0.25) is 10.5 Å². The van der Waals surface area contributed by atoms with E-state index < -0.39 is 15.9 Å². The Hall–Kier alpha value is -0.340. The van der Waals surface area contributed by atoms with Crippen LogP contribution in [-0.4, -0.2) is 10.5 Å². The van der Waals surface area contributed by atoms with Crippen LogP contribution in [0.4, 0.5) is 0 Å². The third-order valence-electron chi connectivity index (χ3n) is 1.15. The van der Waals surface area contributed by atoms with Gasteiger partial charge in [0.05, 0.1) is 0 Å². The zero-order valence-corrected chi connectivity index (χ0v) is 5.74. The summed E-state index contributed by atoms with van der Waals surface area (Å²) in [5.41, 5.74) is -1.25. The summed E-state index contributed by atoms with van der Waals surface area (Å²) in [5, 5.41) is -1.47. The summed E-state index contributed by atoms with van der Waals surface area (Å²) in [6, 6.07) is 0. The molecule has 0 amide bonds. The maximum Gasteiger partial charge on any atom is 0.244 e. The van der Waals surface area contributed by atoms with Crippen molar-refractivity contribution >= 4 is 33.7 Å². The second kappa shape index (κ2) is 1.82. The lowest BCUT2D eigenvalue weighted by molar-refractivity contribution is -0.124. The van der Waals surface area contributed by atoms with E-state index in [0.717, 1.165) is 0 Å². The zero-order chi connectivity index (χ0) is 7.07. The lowest BCUT2D eigenvalue weighted by Gasteiger charge is -1.99. The van der Waals surface area contributed by atoms with E-state index in [1.165, 1.54) is 12.2 Å². The van der Waals surface area contributed by atoms with E-state index in [2.05, 4.69) is 0 Å². The lowest BCUT2D eigenvalue weighted by Crippen LogP contribution is -2.18. The van der Waals surface area contributed by atoms with Crippen molar-refractivity contribution in [3.05, 3.63) is 12.2 Å². The van der Waals surface area contributed by atoms with Gasteiger partial charge in [-0.3, -0.25) is 9.59 Å². The van der Waals surface area contributed by atoms with Gasteiger partial charge in [-0.25, -0.2) is 0 Å². The SMILES string of the molecule is O=C(Cl)C1(C(=O)Cl)C=C1. The van der Waals surface area contributed by atoms with Gasteiger partial charge in [0, 0.05) is 0 Å². The smallest absolute Gasteiger partial charge is 0.244 e. The first kappa shape index (κ1) is 6.78. The number of allylic oxidation sites excluding steroid dienone is 2. The minimum atomic E-state index is -1.25. The Labute approximate surface area is 61.4 Å². The highest BCUT2D eigenvalue weighted by atomic mass is 35.5. The molecule has 48 valence electrons. The number of hydrogen-bond donors (Lipinski definition) is 0. The van der Waals surface area contributed by atoms with Crippen LogP contribution >= 0.6 is 23.2 Å². The molecule has 0 atom stereocenters. The zero-order valence-electron chi connectivity index (χ0n) is 4.23. The molecule has 0 aromatic rings. The topological polar surface area (TPSA) is 34.1 Å². The van der Waals surface area contributed by atoms with E-state index >= 15 is 0 Å². The fourth-order valence-electron chi connectivity index (χ4n) is 0.423. The number of carbonyl (C=O) groups is 2. The van der Waals surface area contributed by atoms with Crippen molar-refractivity contribution in [3.63, 3.8) is 0 Å². The van der Waals surface area contributed by atoms with Gasteiger partial charge in [0.1, 0.15) is 0 Å². The first-order chi connectivity index (χ1) is 4.09. The molecule has 0 aromatic carbocycles. The first-order valence-corrected chi connectivity index (χ1v) is 2.95. The van der Waals surface area contributed by atoms with Crippen LogP contribution in [0.25, 0.3) is 0 Å². The fourth-order valence-corrected chi connectivity index (χ4v) is 0.895. The van der Waals surface area contributed by atoms with Crippen LogP contribution in [0.2, 0.25) is 0 Å². The highest BCUT2D eigenvalue weighted by Gasteiger charge is 2.47. The number of rotatable bonds is 2. The third kappa shape index (κ3) is 0.884. The predicted molar refractivity (Wildman–Crippen MR) is 33.3 cm³/mol. The van der Waals surface area contributed by atoms with E-state index in [1.54, 1.807) is 0 Å². The summed E-state index contributed by atoms with van der Waals surface area (Å²) in [7, 11) is 0. The molecule has 0 unspecified atom stereocenters. The van der Waals surface area contributed by atoms with Crippen molar-refractivity contribution in [2.24, 2.45) is 5.41 Å². The van der Waals surface area contributed by atoms with Crippen LogP contribution in [-0.2, 0) is 9.59 Å². The van der Waals surface area contributed by atoms with Gasteiger partial charge >= 0.3 is 0 Å². The van der Waals surface area contributed by atoms with Gasteiger partial charge in [-0.15, -0.1) is 0 Å². The molecule has 0 spiro atoms. The van der Waals surface area contributed by atoms with E-state index in [9.17, 15) is 9.59 Å². The van der Waals surface area contributed by atoms with Crippen LogP contribution < -0.4 is 0 Å². The Bertz CT molecular complexity index is 185. The highest BCUT2D eigenvalue weighted by molar-refractivity contribution is 6.76. The molecule has 0 heterocycles. The number of carbonyl (C=O) groups excluding carboxylic acids is 2. The predicted octanol–water partition coefficient (Wildman–Crippen LogP) is 1.07. The van der Waals surface area contributed by atoms with Crippen molar-refractivity contribution in [1.29, 1.82) is 0 Å². The summed E-state index contributed by atoms with van der Waals surface area (Å²) in [6.45, 7) is 0. The molecule has 0 saturated heterocycles. The molecular weight excluding hydrogens is 163 g/mol. The van der Waals surface area contributed by atoms with Crippen LogP contribution in [0, 0.1) is 5.41 Å². The minimum Gasteiger partial charge on any atom is -0.279 e. The van der Waals surface area contributed by atoms with E-state index in [-0.39, 0.29) is 0 Å². The molecule has 4 heteroatoms. The normalized spacial score (nSPS) is 19.3. The van der Waals surface area contributed by atoms with Gasteiger partial charge < -0.3 is 0 Å². The molecule has 2 nitrogen and oxygen atoms in total. The average molecular weight is 165 g/mol. The second-order valence-electron chi connectivity index (χ2n) is 1.75. The molecule has 0 N–H and O–H groups in total. The van der Waals surface area contributed by atoms with Crippen LogP contribution in [0.1, 0.15) is 0 Å². The molecule has 0 fully saturated rings. The summed E-state index contributed by atoms with van der Waals surface area (Å²) < 4.78 is 0. The summed E-state index contributed by atoms with van der Waals surface area (Å²) >= 11 is 10.0. The standard InChI is InChI=1S/C5H2Cl2O2/c6-3(8)5(1-2-5)4(7)9/h1-2H. The Balaban J connectivity index is 2.77. The van der Waals surface area contributed by atoms with Gasteiger partial charge in [0.15, 0.2) is 5.41 Å². The van der Waals surface area contributed by atoms with Crippen molar-refractivity contribution in [2.45, 2.75) is 0 Å². The Morgan fingerprint density at radius 3 is 1.44 bits per heavy atom. The van der Waals surface area contributed by atoms with Crippen molar-refractivity contribution in [1.82, 2.24) is 0 Å². The monoisotopic (exact) mass is 164 g/mol. The Morgan fingerprint density at radius 2 is 1.44 bits per heavy atom. The van der Waals surface area contributed by atoms with E-state index in [1.807, 2.05) is 0 Å². The molecule has 1 aliphatic carbocycles. The molecule has 9 heavy (non-hydrogen) atoms. The first-order valence-electron chi connectivity index (χ1n) is 2.20. The molecule has 0 aromatic heterocycles. The Morgan fingerprint density at radius 1 is 1.11 bits per heavy atom. The maximum atomic E-state index is 10.4. The van der Waals surface area contributed by atoms with E-state index in [0.29, 0.717) is 0 Å². The van der Waals surface area contributed by atoms with Crippen molar-refractivity contribution in [2.75, 3.05) is 0 Å². The van der Waals surface area contributed by atoms with Crippen molar-refractivity contribution in [3.8, 4) is 0 Å². The molecule has 1 rings (SSSR count). The lowest BCUT2D eigenvalue weighted by atomic mass is 10.1. The Kier molecular flexibility index (Phi) is 1.37. The molecule has 0 aliphatic heterocycles. The van der Waals surface area contributed by atoms with E-state index in [4.69, 9.17) is 23.2 Å².